The van der Waals surface area contributed by atoms with Crippen molar-refractivity contribution in [3.8, 4) is 0 Å². The molecular weight excluding hydrogens is 246 g/mol. The number of carbonyl (C=O) groups is 1. The van der Waals surface area contributed by atoms with Gasteiger partial charge in [0, 0.05) is 27.6 Å². The van der Waals surface area contributed by atoms with Gasteiger partial charge in [-0.3, -0.25) is 14.8 Å². The summed E-state index contributed by atoms with van der Waals surface area (Å²) in [5, 5.41) is 1.61. The van der Waals surface area contributed by atoms with Crippen LogP contribution in [-0.2, 0) is 18.3 Å². The van der Waals surface area contributed by atoms with Crippen molar-refractivity contribution in [2.45, 2.75) is 12.8 Å². The highest BCUT2D eigenvalue weighted by molar-refractivity contribution is 5.76. The Labute approximate surface area is 110 Å². The Morgan fingerprint density at radius 3 is 2.84 bits per heavy atom. The number of oxazole rings is 1. The summed E-state index contributed by atoms with van der Waals surface area (Å²) in [5.41, 5.74) is 4.96. The zero-order valence-electron chi connectivity index (χ0n) is 11.3. The molecule has 1 amide bonds. The van der Waals surface area contributed by atoms with Crippen LogP contribution in [0.2, 0.25) is 0 Å². The predicted octanol–water partition coefficient (Wildman–Crippen LogP) is 0.657. The normalized spacial score (nSPS) is 11.2. The fraction of sp³-hybridized carbons (Fsp3) is 0.385. The van der Waals surface area contributed by atoms with Gasteiger partial charge < -0.3 is 4.42 Å². The second kappa shape index (κ2) is 5.27. The zero-order valence-corrected chi connectivity index (χ0v) is 11.3. The van der Waals surface area contributed by atoms with Crippen molar-refractivity contribution in [3.63, 3.8) is 0 Å². The van der Waals surface area contributed by atoms with Crippen molar-refractivity contribution < 1.29 is 9.21 Å². The lowest BCUT2D eigenvalue weighted by molar-refractivity contribution is -0.124. The van der Waals surface area contributed by atoms with Crippen molar-refractivity contribution in [3.05, 3.63) is 34.3 Å². The van der Waals surface area contributed by atoms with Crippen LogP contribution in [0.25, 0.3) is 11.1 Å². The van der Waals surface area contributed by atoms with E-state index in [1.165, 1.54) is 4.57 Å². The first-order valence-corrected chi connectivity index (χ1v) is 6.02. The number of hydrogen-bond acceptors (Lipinski definition) is 4. The van der Waals surface area contributed by atoms with E-state index in [1.807, 2.05) is 12.1 Å². The molecule has 0 fully saturated rings. The molecule has 2 rings (SSSR count). The topological polar surface area (TPSA) is 67.5 Å². The Morgan fingerprint density at radius 2 is 2.16 bits per heavy atom. The number of aromatic nitrogens is 1. The van der Waals surface area contributed by atoms with E-state index in [2.05, 4.69) is 5.43 Å². The SMILES string of the molecule is CN(C)NC(=O)CCc1ccc2c(c1)oc(=O)n2C. The van der Waals surface area contributed by atoms with Crippen LogP contribution in [0.1, 0.15) is 12.0 Å². The molecule has 0 aliphatic rings. The number of nitrogens with one attached hydrogen (secondary N) is 1. The average Bonchev–Trinajstić information content (AvgIpc) is 2.61. The molecule has 2 aromatic rings. The average molecular weight is 263 g/mol. The van der Waals surface area contributed by atoms with E-state index in [0.29, 0.717) is 18.4 Å². The van der Waals surface area contributed by atoms with E-state index in [-0.39, 0.29) is 11.7 Å². The number of amides is 1. The fourth-order valence-corrected chi connectivity index (χ4v) is 1.90. The first-order valence-electron chi connectivity index (χ1n) is 6.02. The van der Waals surface area contributed by atoms with Crippen molar-refractivity contribution in [1.82, 2.24) is 15.0 Å². The molecule has 1 aromatic carbocycles. The second-order valence-electron chi connectivity index (χ2n) is 4.66. The lowest BCUT2D eigenvalue weighted by Crippen LogP contribution is -2.36. The quantitative estimate of drug-likeness (QED) is 0.823. The van der Waals surface area contributed by atoms with Gasteiger partial charge in [0.15, 0.2) is 5.58 Å². The van der Waals surface area contributed by atoms with Crippen LogP contribution in [0, 0.1) is 0 Å². The number of fused-ring (bicyclic) bond motifs is 1. The van der Waals surface area contributed by atoms with Gasteiger partial charge in [0.05, 0.1) is 5.52 Å². The molecule has 19 heavy (non-hydrogen) atoms. The summed E-state index contributed by atoms with van der Waals surface area (Å²) in [5.74, 6) is -0.419. The predicted molar refractivity (Wildman–Crippen MR) is 71.6 cm³/mol. The van der Waals surface area contributed by atoms with Crippen LogP contribution in [0.3, 0.4) is 0 Å². The molecule has 1 aromatic heterocycles. The van der Waals surface area contributed by atoms with Crippen LogP contribution in [0.5, 0.6) is 0 Å². The maximum Gasteiger partial charge on any atom is 0.419 e. The molecule has 0 aliphatic heterocycles. The summed E-state index contributed by atoms with van der Waals surface area (Å²) >= 11 is 0. The molecule has 0 saturated carbocycles. The van der Waals surface area contributed by atoms with E-state index >= 15 is 0 Å². The summed E-state index contributed by atoms with van der Waals surface area (Å²) < 4.78 is 6.57. The highest BCUT2D eigenvalue weighted by Crippen LogP contribution is 2.15. The molecule has 102 valence electrons. The summed E-state index contributed by atoms with van der Waals surface area (Å²) in [4.78, 5) is 22.9. The largest absolute Gasteiger partial charge is 0.419 e. The summed E-state index contributed by atoms with van der Waals surface area (Å²) in [6.45, 7) is 0. The van der Waals surface area contributed by atoms with Gasteiger partial charge in [-0.25, -0.2) is 9.80 Å². The van der Waals surface area contributed by atoms with Crippen LogP contribution in [-0.4, -0.2) is 29.6 Å². The first-order chi connectivity index (χ1) is 8.97. The molecule has 0 spiro atoms. The molecule has 0 bridgehead atoms. The number of rotatable bonds is 4. The van der Waals surface area contributed by atoms with Gasteiger partial charge >= 0.3 is 5.76 Å². The molecule has 0 saturated heterocycles. The van der Waals surface area contributed by atoms with E-state index in [4.69, 9.17) is 4.42 Å². The fourth-order valence-electron chi connectivity index (χ4n) is 1.90. The van der Waals surface area contributed by atoms with E-state index in [0.717, 1.165) is 11.1 Å². The first kappa shape index (κ1) is 13.4. The maximum absolute atomic E-state index is 11.5. The highest BCUT2D eigenvalue weighted by Gasteiger charge is 2.08. The van der Waals surface area contributed by atoms with E-state index in [1.54, 1.807) is 32.2 Å². The summed E-state index contributed by atoms with van der Waals surface area (Å²) in [7, 11) is 5.20. The van der Waals surface area contributed by atoms with Gasteiger partial charge in [0.2, 0.25) is 5.91 Å². The number of hydrazine groups is 1. The van der Waals surface area contributed by atoms with Gasteiger partial charge in [-0.1, -0.05) is 6.07 Å². The molecule has 1 heterocycles. The number of aryl methyl sites for hydroxylation is 2. The molecule has 6 heteroatoms. The highest BCUT2D eigenvalue weighted by atomic mass is 16.4. The Hall–Kier alpha value is -2.08. The van der Waals surface area contributed by atoms with Crippen LogP contribution >= 0.6 is 0 Å². The number of benzene rings is 1. The van der Waals surface area contributed by atoms with Crippen molar-refractivity contribution in [2.75, 3.05) is 14.1 Å². The van der Waals surface area contributed by atoms with Crippen LogP contribution < -0.4 is 11.2 Å². The minimum atomic E-state index is -0.377. The van der Waals surface area contributed by atoms with Crippen LogP contribution in [0.15, 0.2) is 27.4 Å². The molecular formula is C13H17N3O3. The standard InChI is InChI=1S/C13H17N3O3/c1-15(2)14-12(17)7-5-9-4-6-10-11(8-9)19-13(18)16(10)3/h4,6,8H,5,7H2,1-3H3,(H,14,17). The van der Waals surface area contributed by atoms with Gasteiger partial charge in [0.1, 0.15) is 0 Å². The summed E-state index contributed by atoms with van der Waals surface area (Å²) in [6, 6.07) is 5.54. The Bertz CT molecular complexity index is 655. The Kier molecular flexibility index (Phi) is 3.71. The maximum atomic E-state index is 11.5. The molecule has 0 unspecified atom stereocenters. The molecule has 0 atom stereocenters. The Morgan fingerprint density at radius 1 is 1.42 bits per heavy atom. The molecule has 0 aliphatic carbocycles. The second-order valence-corrected chi connectivity index (χ2v) is 4.66. The summed E-state index contributed by atoms with van der Waals surface area (Å²) in [6.07, 6.45) is 0.995. The lowest BCUT2D eigenvalue weighted by atomic mass is 10.1. The minimum absolute atomic E-state index is 0.0420. The van der Waals surface area contributed by atoms with Gasteiger partial charge in [-0.05, 0) is 24.1 Å². The van der Waals surface area contributed by atoms with Crippen molar-refractivity contribution >= 4 is 17.0 Å². The third-order valence-electron chi connectivity index (χ3n) is 2.85. The zero-order chi connectivity index (χ0) is 14.0. The molecule has 6 nitrogen and oxygen atoms in total. The van der Waals surface area contributed by atoms with Crippen molar-refractivity contribution in [2.24, 2.45) is 7.05 Å². The van der Waals surface area contributed by atoms with Gasteiger partial charge in [-0.2, -0.15) is 0 Å². The van der Waals surface area contributed by atoms with Crippen molar-refractivity contribution in [1.29, 1.82) is 0 Å². The van der Waals surface area contributed by atoms with Gasteiger partial charge in [-0.15, -0.1) is 0 Å². The Balaban J connectivity index is 2.10. The molecule has 0 radical (unpaired) electrons. The minimum Gasteiger partial charge on any atom is -0.408 e. The third-order valence-corrected chi connectivity index (χ3v) is 2.85. The third kappa shape index (κ3) is 3.03. The number of carbonyl (C=O) groups excluding carboxylic acids is 1. The van der Waals surface area contributed by atoms with Crippen LogP contribution in [0.4, 0.5) is 0 Å². The molecule has 1 N–H and O–H groups in total. The number of nitrogens with zero attached hydrogens (tertiary/aromatic N) is 2. The van der Waals surface area contributed by atoms with E-state index < -0.39 is 0 Å². The smallest absolute Gasteiger partial charge is 0.408 e. The number of hydrogen-bond donors (Lipinski definition) is 1. The van der Waals surface area contributed by atoms with Gasteiger partial charge in [0.25, 0.3) is 0 Å². The lowest BCUT2D eigenvalue weighted by Gasteiger charge is -2.11. The van der Waals surface area contributed by atoms with E-state index in [9.17, 15) is 9.59 Å². The monoisotopic (exact) mass is 263 g/mol.